The Labute approximate surface area is 162 Å². The fourth-order valence-corrected chi connectivity index (χ4v) is 4.81. The van der Waals surface area contributed by atoms with E-state index in [1.165, 1.54) is 11.8 Å². The number of benzene rings is 1. The van der Waals surface area contributed by atoms with Crippen molar-refractivity contribution in [3.05, 3.63) is 40.7 Å². The Morgan fingerprint density at radius 2 is 1.92 bits per heavy atom. The van der Waals surface area contributed by atoms with Gasteiger partial charge in [-0.05, 0) is 43.4 Å². The van der Waals surface area contributed by atoms with Crippen LogP contribution < -0.4 is 5.43 Å². The van der Waals surface area contributed by atoms with Gasteiger partial charge in [-0.2, -0.15) is 0 Å². The molecule has 2 atom stereocenters. The fraction of sp³-hybridized carbons (Fsp3) is 0.500. The molecule has 2 aliphatic rings. The van der Waals surface area contributed by atoms with Gasteiger partial charge < -0.3 is 10.3 Å². The second-order valence-corrected chi connectivity index (χ2v) is 8.61. The minimum Gasteiger partial charge on any atom is -0.342 e. The molecule has 0 radical (unpaired) electrons. The van der Waals surface area contributed by atoms with E-state index >= 15 is 0 Å². The van der Waals surface area contributed by atoms with Gasteiger partial charge in [0, 0.05) is 18.1 Å². The largest absolute Gasteiger partial charge is 0.342 e. The van der Waals surface area contributed by atoms with Gasteiger partial charge in [-0.1, -0.05) is 42.4 Å². The van der Waals surface area contributed by atoms with Crippen molar-refractivity contribution in [3.63, 3.8) is 0 Å². The number of halogens is 1. The Morgan fingerprint density at radius 3 is 2.62 bits per heavy atom. The molecule has 0 aliphatic carbocycles. The Bertz CT molecular complexity index is 800. The summed E-state index contributed by atoms with van der Waals surface area (Å²) < 4.78 is 1.87. The van der Waals surface area contributed by atoms with E-state index in [9.17, 15) is 4.79 Å². The van der Waals surface area contributed by atoms with Gasteiger partial charge >= 0.3 is 0 Å². The molecule has 4 rings (SSSR count). The van der Waals surface area contributed by atoms with E-state index in [-0.39, 0.29) is 17.2 Å². The first-order valence-electron chi connectivity index (χ1n) is 8.92. The van der Waals surface area contributed by atoms with Crippen molar-refractivity contribution in [3.8, 4) is 0 Å². The number of amides is 1. The maximum atomic E-state index is 13.3. The molecule has 1 fully saturated rings. The second-order valence-electron chi connectivity index (χ2n) is 7.07. The summed E-state index contributed by atoms with van der Waals surface area (Å²) in [6, 6.07) is 7.52. The lowest BCUT2D eigenvalue weighted by molar-refractivity contribution is -0.132. The first-order valence-corrected chi connectivity index (χ1v) is 10.2. The van der Waals surface area contributed by atoms with Crippen LogP contribution in [0.25, 0.3) is 0 Å². The number of hydrogen-bond donors (Lipinski definition) is 1. The summed E-state index contributed by atoms with van der Waals surface area (Å²) in [7, 11) is 0. The Balaban J connectivity index is 1.65. The van der Waals surface area contributed by atoms with Crippen molar-refractivity contribution in [2.45, 2.75) is 43.1 Å². The van der Waals surface area contributed by atoms with Crippen LogP contribution in [0.2, 0.25) is 5.02 Å². The zero-order valence-corrected chi connectivity index (χ0v) is 16.4. The van der Waals surface area contributed by atoms with Crippen LogP contribution in [0.5, 0.6) is 0 Å². The highest BCUT2D eigenvalue weighted by molar-refractivity contribution is 8.00. The number of fused-ring (bicyclic) bond motifs is 1. The molecule has 26 heavy (non-hydrogen) atoms. The number of carbonyl (C=O) groups is 1. The standard InChI is InChI=1S/C18H22ClN5OS/c1-11-7-9-23(10-8-11)17(25)16-15(13-3-5-14(19)6-4-13)22-24-12(2)20-21-18(24)26-16/h3-6,11,15-16,22H,7-10H2,1-2H3/t15-,16+/m1/s1. The third-order valence-electron chi connectivity index (χ3n) is 5.17. The Morgan fingerprint density at radius 1 is 1.23 bits per heavy atom. The predicted molar refractivity (Wildman–Crippen MR) is 103 cm³/mol. The maximum Gasteiger partial charge on any atom is 0.238 e. The van der Waals surface area contributed by atoms with Gasteiger partial charge in [0.15, 0.2) is 0 Å². The molecule has 0 saturated carbocycles. The molecule has 1 aromatic carbocycles. The minimum atomic E-state index is -0.277. The summed E-state index contributed by atoms with van der Waals surface area (Å²) in [5.41, 5.74) is 4.47. The smallest absolute Gasteiger partial charge is 0.238 e. The molecular weight excluding hydrogens is 370 g/mol. The van der Waals surface area contributed by atoms with Crippen LogP contribution >= 0.6 is 23.4 Å². The maximum absolute atomic E-state index is 13.3. The van der Waals surface area contributed by atoms with Crippen LogP contribution in [-0.2, 0) is 4.79 Å². The molecule has 0 bridgehead atoms. The fourth-order valence-electron chi connectivity index (χ4n) is 3.48. The lowest BCUT2D eigenvalue weighted by atomic mass is 9.97. The Kier molecular flexibility index (Phi) is 4.84. The van der Waals surface area contributed by atoms with E-state index < -0.39 is 0 Å². The molecule has 0 spiro atoms. The van der Waals surface area contributed by atoms with Crippen LogP contribution in [0.3, 0.4) is 0 Å². The average molecular weight is 392 g/mol. The number of aryl methyl sites for hydroxylation is 1. The zero-order valence-electron chi connectivity index (χ0n) is 14.9. The van der Waals surface area contributed by atoms with Crippen molar-refractivity contribution in [1.29, 1.82) is 0 Å². The molecule has 1 saturated heterocycles. The summed E-state index contributed by atoms with van der Waals surface area (Å²) in [6.07, 6.45) is 2.13. The predicted octanol–water partition coefficient (Wildman–Crippen LogP) is 3.26. The highest BCUT2D eigenvalue weighted by atomic mass is 35.5. The number of thioether (sulfide) groups is 1. The van der Waals surface area contributed by atoms with E-state index in [2.05, 4.69) is 22.5 Å². The number of nitrogens with zero attached hydrogens (tertiary/aromatic N) is 4. The lowest BCUT2D eigenvalue weighted by Crippen LogP contribution is -2.48. The number of piperidine rings is 1. The molecule has 2 aliphatic heterocycles. The highest BCUT2D eigenvalue weighted by Gasteiger charge is 2.39. The highest BCUT2D eigenvalue weighted by Crippen LogP contribution is 2.38. The van der Waals surface area contributed by atoms with Crippen molar-refractivity contribution in [2.75, 3.05) is 18.5 Å². The normalized spacial score (nSPS) is 23.4. The van der Waals surface area contributed by atoms with Gasteiger partial charge in [-0.25, -0.2) is 4.68 Å². The van der Waals surface area contributed by atoms with Crippen molar-refractivity contribution in [2.24, 2.45) is 5.92 Å². The monoisotopic (exact) mass is 391 g/mol. The molecule has 1 N–H and O–H groups in total. The van der Waals surface area contributed by atoms with E-state index in [1.807, 2.05) is 40.8 Å². The number of nitrogens with one attached hydrogen (secondary N) is 1. The second kappa shape index (κ2) is 7.12. The summed E-state index contributed by atoms with van der Waals surface area (Å²) in [6.45, 7) is 5.81. The van der Waals surface area contributed by atoms with Gasteiger partial charge in [0.2, 0.25) is 11.1 Å². The van der Waals surface area contributed by atoms with Crippen molar-refractivity contribution >= 4 is 29.3 Å². The quantitative estimate of drug-likeness (QED) is 0.851. The van der Waals surface area contributed by atoms with Crippen LogP contribution in [0.1, 0.15) is 37.2 Å². The molecule has 6 nitrogen and oxygen atoms in total. The summed E-state index contributed by atoms with van der Waals surface area (Å²) >= 11 is 7.54. The number of aromatic nitrogens is 3. The molecular formula is C18H22ClN5OS. The van der Waals surface area contributed by atoms with E-state index in [0.717, 1.165) is 42.5 Å². The van der Waals surface area contributed by atoms with Gasteiger partial charge in [-0.3, -0.25) is 4.79 Å². The third-order valence-corrected chi connectivity index (χ3v) is 6.62. The molecule has 0 unspecified atom stereocenters. The first-order chi connectivity index (χ1) is 12.5. The third kappa shape index (κ3) is 3.30. The minimum absolute atomic E-state index is 0.161. The molecule has 3 heterocycles. The van der Waals surface area contributed by atoms with E-state index in [1.54, 1.807) is 0 Å². The molecule has 1 aromatic heterocycles. The molecule has 138 valence electrons. The van der Waals surface area contributed by atoms with Gasteiger partial charge in [-0.15, -0.1) is 10.2 Å². The Hall–Kier alpha value is -1.73. The van der Waals surface area contributed by atoms with Crippen molar-refractivity contribution < 1.29 is 4.79 Å². The molecule has 2 aromatic rings. The van der Waals surface area contributed by atoms with Crippen molar-refractivity contribution in [1.82, 2.24) is 19.8 Å². The zero-order chi connectivity index (χ0) is 18.3. The first kappa shape index (κ1) is 17.7. The van der Waals surface area contributed by atoms with Gasteiger partial charge in [0.25, 0.3) is 0 Å². The topological polar surface area (TPSA) is 63.1 Å². The van der Waals surface area contributed by atoms with E-state index in [0.29, 0.717) is 10.9 Å². The summed E-state index contributed by atoms with van der Waals surface area (Å²) in [5.74, 6) is 1.64. The number of carbonyl (C=O) groups excluding carboxylic acids is 1. The van der Waals surface area contributed by atoms with Crippen LogP contribution in [0.15, 0.2) is 29.4 Å². The van der Waals surface area contributed by atoms with Gasteiger partial charge in [0.05, 0.1) is 6.04 Å². The van der Waals surface area contributed by atoms with Crippen LogP contribution in [0, 0.1) is 12.8 Å². The average Bonchev–Trinajstić information content (AvgIpc) is 3.02. The van der Waals surface area contributed by atoms with Crippen LogP contribution in [0.4, 0.5) is 0 Å². The van der Waals surface area contributed by atoms with Gasteiger partial charge in [0.1, 0.15) is 11.1 Å². The van der Waals surface area contributed by atoms with Crippen LogP contribution in [-0.4, -0.2) is 44.0 Å². The van der Waals surface area contributed by atoms with E-state index in [4.69, 9.17) is 11.6 Å². The molecule has 8 heteroatoms. The number of likely N-dealkylation sites (tertiary alicyclic amines) is 1. The SMILES string of the molecule is Cc1nnc2n1N[C@H](c1ccc(Cl)cc1)[C@@H](C(=O)N1CCC(C)CC1)S2. The lowest BCUT2D eigenvalue weighted by Gasteiger charge is -2.38. The summed E-state index contributed by atoms with van der Waals surface area (Å²) in [4.78, 5) is 15.3. The number of rotatable bonds is 2. The molecule has 1 amide bonds. The summed E-state index contributed by atoms with van der Waals surface area (Å²) in [5, 5.41) is 9.49. The number of hydrogen-bond acceptors (Lipinski definition) is 5.